The van der Waals surface area contributed by atoms with E-state index in [4.69, 9.17) is 15.2 Å². The van der Waals surface area contributed by atoms with Crippen molar-refractivity contribution in [2.45, 2.75) is 13.2 Å². The summed E-state index contributed by atoms with van der Waals surface area (Å²) < 4.78 is 24.2. The van der Waals surface area contributed by atoms with Crippen LogP contribution in [0.3, 0.4) is 0 Å². The van der Waals surface area contributed by atoms with Gasteiger partial charge < -0.3 is 15.2 Å². The molecule has 1 aromatic heterocycles. The molecule has 0 fully saturated rings. The third-order valence-electron chi connectivity index (χ3n) is 2.66. The van der Waals surface area contributed by atoms with E-state index in [0.29, 0.717) is 17.9 Å². The third kappa shape index (κ3) is 3.20. The molecule has 19 heavy (non-hydrogen) atoms. The van der Waals surface area contributed by atoms with Crippen molar-refractivity contribution in [1.82, 2.24) is 4.98 Å². The molecule has 0 amide bonds. The first kappa shape index (κ1) is 13.3. The SMILES string of the molecule is COc1cccc(COc2ccc(CN)nc2)c1F. The number of hydrogen-bond donors (Lipinski definition) is 1. The van der Waals surface area contributed by atoms with Gasteiger partial charge in [0.2, 0.25) is 0 Å². The number of methoxy groups -OCH3 is 1. The normalized spacial score (nSPS) is 10.3. The molecule has 2 aromatic rings. The predicted molar refractivity (Wildman–Crippen MR) is 69.4 cm³/mol. The van der Waals surface area contributed by atoms with Crippen LogP contribution < -0.4 is 15.2 Å². The third-order valence-corrected chi connectivity index (χ3v) is 2.66. The van der Waals surface area contributed by atoms with Gasteiger partial charge in [-0.2, -0.15) is 0 Å². The summed E-state index contributed by atoms with van der Waals surface area (Å²) in [6.45, 7) is 0.497. The molecule has 100 valence electrons. The second-order valence-electron chi connectivity index (χ2n) is 3.91. The smallest absolute Gasteiger partial charge is 0.171 e. The highest BCUT2D eigenvalue weighted by Crippen LogP contribution is 2.21. The van der Waals surface area contributed by atoms with Crippen LogP contribution in [0.25, 0.3) is 0 Å². The fraction of sp³-hybridized carbons (Fsp3) is 0.214. The molecular formula is C14H15FN2O2. The quantitative estimate of drug-likeness (QED) is 0.898. The summed E-state index contributed by atoms with van der Waals surface area (Å²) >= 11 is 0. The number of pyridine rings is 1. The first-order valence-electron chi connectivity index (χ1n) is 5.83. The van der Waals surface area contributed by atoms with Gasteiger partial charge in [0.05, 0.1) is 19.0 Å². The first-order chi connectivity index (χ1) is 9.24. The molecule has 0 atom stereocenters. The second-order valence-corrected chi connectivity index (χ2v) is 3.91. The van der Waals surface area contributed by atoms with Crippen LogP contribution >= 0.6 is 0 Å². The highest BCUT2D eigenvalue weighted by Gasteiger charge is 2.08. The topological polar surface area (TPSA) is 57.4 Å². The van der Waals surface area contributed by atoms with E-state index < -0.39 is 5.82 Å². The van der Waals surface area contributed by atoms with Crippen LogP contribution in [0, 0.1) is 5.82 Å². The van der Waals surface area contributed by atoms with Gasteiger partial charge in [-0.15, -0.1) is 0 Å². The van der Waals surface area contributed by atoms with Gasteiger partial charge in [-0.05, 0) is 18.2 Å². The zero-order valence-electron chi connectivity index (χ0n) is 10.6. The van der Waals surface area contributed by atoms with Crippen LogP contribution in [0.15, 0.2) is 36.5 Å². The van der Waals surface area contributed by atoms with Crippen LogP contribution in [0.2, 0.25) is 0 Å². The second kappa shape index (κ2) is 6.15. The molecule has 0 aliphatic rings. The minimum Gasteiger partial charge on any atom is -0.494 e. The van der Waals surface area contributed by atoms with Gasteiger partial charge in [-0.25, -0.2) is 4.39 Å². The zero-order chi connectivity index (χ0) is 13.7. The standard InChI is InChI=1S/C14H15FN2O2/c1-18-13-4-2-3-10(14(13)15)9-19-12-6-5-11(7-16)17-8-12/h2-6,8H,7,9,16H2,1H3. The van der Waals surface area contributed by atoms with Gasteiger partial charge in [0.1, 0.15) is 12.4 Å². The summed E-state index contributed by atoms with van der Waals surface area (Å²) in [5.41, 5.74) is 6.66. The van der Waals surface area contributed by atoms with E-state index in [2.05, 4.69) is 4.98 Å². The number of ether oxygens (including phenoxy) is 2. The fourth-order valence-electron chi connectivity index (χ4n) is 1.60. The van der Waals surface area contributed by atoms with Crippen molar-refractivity contribution in [3.8, 4) is 11.5 Å². The molecule has 0 saturated heterocycles. The molecule has 0 aliphatic heterocycles. The molecule has 0 unspecified atom stereocenters. The van der Waals surface area contributed by atoms with Crippen molar-refractivity contribution in [2.75, 3.05) is 7.11 Å². The van der Waals surface area contributed by atoms with Crippen LogP contribution in [0.1, 0.15) is 11.3 Å². The molecule has 1 aromatic carbocycles. The van der Waals surface area contributed by atoms with Crippen molar-refractivity contribution in [3.63, 3.8) is 0 Å². The number of rotatable bonds is 5. The molecule has 5 heteroatoms. The predicted octanol–water partition coefficient (Wildman–Crippen LogP) is 2.27. The van der Waals surface area contributed by atoms with Crippen LogP contribution in [-0.2, 0) is 13.2 Å². The Hall–Kier alpha value is -2.14. The van der Waals surface area contributed by atoms with Gasteiger partial charge in [0.25, 0.3) is 0 Å². The van der Waals surface area contributed by atoms with Gasteiger partial charge in [0, 0.05) is 12.1 Å². The summed E-state index contributed by atoms with van der Waals surface area (Å²) in [5, 5.41) is 0. The Labute approximate surface area is 111 Å². The van der Waals surface area contributed by atoms with Crippen LogP contribution in [-0.4, -0.2) is 12.1 Å². The van der Waals surface area contributed by atoms with E-state index in [1.807, 2.05) is 0 Å². The number of benzene rings is 1. The lowest BCUT2D eigenvalue weighted by Gasteiger charge is -2.09. The lowest BCUT2D eigenvalue weighted by atomic mass is 10.2. The van der Waals surface area contributed by atoms with Gasteiger partial charge in [-0.3, -0.25) is 4.98 Å². The van der Waals surface area contributed by atoms with E-state index in [-0.39, 0.29) is 12.4 Å². The first-order valence-corrected chi connectivity index (χ1v) is 5.83. The molecule has 2 N–H and O–H groups in total. The Balaban J connectivity index is 2.05. The van der Waals surface area contributed by atoms with E-state index in [1.54, 1.807) is 36.5 Å². The maximum absolute atomic E-state index is 13.9. The lowest BCUT2D eigenvalue weighted by Crippen LogP contribution is -2.02. The minimum atomic E-state index is -0.406. The molecule has 2 rings (SSSR count). The van der Waals surface area contributed by atoms with E-state index in [9.17, 15) is 4.39 Å². The van der Waals surface area contributed by atoms with E-state index in [1.165, 1.54) is 7.11 Å². The number of nitrogens with two attached hydrogens (primary N) is 1. The Morgan fingerprint density at radius 1 is 1.26 bits per heavy atom. The highest BCUT2D eigenvalue weighted by molar-refractivity contribution is 5.31. The lowest BCUT2D eigenvalue weighted by molar-refractivity contribution is 0.294. The van der Waals surface area contributed by atoms with Crippen molar-refractivity contribution in [1.29, 1.82) is 0 Å². The van der Waals surface area contributed by atoms with E-state index in [0.717, 1.165) is 5.69 Å². The number of hydrogen-bond acceptors (Lipinski definition) is 4. The molecule has 0 aliphatic carbocycles. The number of nitrogens with zero attached hydrogens (tertiary/aromatic N) is 1. The van der Waals surface area contributed by atoms with Crippen LogP contribution in [0.5, 0.6) is 11.5 Å². The highest BCUT2D eigenvalue weighted by atomic mass is 19.1. The molecule has 4 nitrogen and oxygen atoms in total. The average molecular weight is 262 g/mol. The van der Waals surface area contributed by atoms with E-state index >= 15 is 0 Å². The summed E-state index contributed by atoms with van der Waals surface area (Å²) in [5.74, 6) is 0.369. The Kier molecular flexibility index (Phi) is 4.30. The number of halogens is 1. The monoisotopic (exact) mass is 262 g/mol. The summed E-state index contributed by atoms with van der Waals surface area (Å²) in [7, 11) is 1.43. The Morgan fingerprint density at radius 3 is 2.74 bits per heavy atom. The minimum absolute atomic E-state index is 0.118. The fourth-order valence-corrected chi connectivity index (χ4v) is 1.60. The molecular weight excluding hydrogens is 247 g/mol. The summed E-state index contributed by atoms with van der Waals surface area (Å²) in [6, 6.07) is 8.47. The van der Waals surface area contributed by atoms with Gasteiger partial charge in [-0.1, -0.05) is 12.1 Å². The van der Waals surface area contributed by atoms with Crippen molar-refractivity contribution < 1.29 is 13.9 Å². The zero-order valence-corrected chi connectivity index (χ0v) is 10.6. The molecule has 0 bridgehead atoms. The van der Waals surface area contributed by atoms with Crippen molar-refractivity contribution in [3.05, 3.63) is 53.6 Å². The molecule has 0 saturated carbocycles. The molecule has 0 spiro atoms. The molecule has 1 heterocycles. The molecule has 0 radical (unpaired) electrons. The number of aromatic nitrogens is 1. The van der Waals surface area contributed by atoms with Crippen LogP contribution in [0.4, 0.5) is 4.39 Å². The maximum atomic E-state index is 13.9. The Morgan fingerprint density at radius 2 is 2.11 bits per heavy atom. The average Bonchev–Trinajstić information content (AvgIpc) is 2.47. The summed E-state index contributed by atoms with van der Waals surface area (Å²) in [4.78, 5) is 4.10. The summed E-state index contributed by atoms with van der Waals surface area (Å²) in [6.07, 6.45) is 1.57. The van der Waals surface area contributed by atoms with Crippen molar-refractivity contribution in [2.24, 2.45) is 5.73 Å². The largest absolute Gasteiger partial charge is 0.494 e. The Bertz CT molecular complexity index is 544. The van der Waals surface area contributed by atoms with Gasteiger partial charge >= 0.3 is 0 Å². The maximum Gasteiger partial charge on any atom is 0.171 e. The van der Waals surface area contributed by atoms with Gasteiger partial charge in [0.15, 0.2) is 11.6 Å². The van der Waals surface area contributed by atoms with Crippen molar-refractivity contribution >= 4 is 0 Å².